The number of nitrogens with zero attached hydrogens (tertiary/aromatic N) is 2. The fraction of sp³-hybridized carbons (Fsp3) is 0.421. The minimum atomic E-state index is -0.924. The Morgan fingerprint density at radius 1 is 1.37 bits per heavy atom. The Labute approximate surface area is 161 Å². The second-order valence-electron chi connectivity index (χ2n) is 6.44. The predicted molar refractivity (Wildman–Crippen MR) is 99.9 cm³/mol. The van der Waals surface area contributed by atoms with E-state index in [9.17, 15) is 9.59 Å². The van der Waals surface area contributed by atoms with Crippen molar-refractivity contribution in [3.8, 4) is 5.75 Å². The van der Waals surface area contributed by atoms with Gasteiger partial charge in [-0.3, -0.25) is 9.59 Å². The third-order valence-corrected chi connectivity index (χ3v) is 5.08. The minimum Gasteiger partial charge on any atom is -0.486 e. The van der Waals surface area contributed by atoms with Gasteiger partial charge in [-0.1, -0.05) is 17.7 Å². The Morgan fingerprint density at radius 3 is 2.89 bits per heavy atom. The highest BCUT2D eigenvalue weighted by molar-refractivity contribution is 7.09. The molecule has 1 amide bonds. The lowest BCUT2D eigenvalue weighted by atomic mass is 10.2. The van der Waals surface area contributed by atoms with Crippen molar-refractivity contribution in [3.05, 3.63) is 45.9 Å². The van der Waals surface area contributed by atoms with Gasteiger partial charge in [-0.2, -0.15) is 0 Å². The number of carbonyl (C=O) groups excluding carboxylic acids is 1. The first-order valence-corrected chi connectivity index (χ1v) is 9.61. The summed E-state index contributed by atoms with van der Waals surface area (Å²) >= 11 is 1.46. The van der Waals surface area contributed by atoms with Crippen molar-refractivity contribution < 1.29 is 24.2 Å². The maximum Gasteiger partial charge on any atom is 0.306 e. The number of hydrogen-bond acceptors (Lipinski definition) is 6. The summed E-state index contributed by atoms with van der Waals surface area (Å²) in [5.74, 6) is -0.205. The highest BCUT2D eigenvalue weighted by Gasteiger charge is 2.26. The van der Waals surface area contributed by atoms with E-state index in [2.05, 4.69) is 4.98 Å². The van der Waals surface area contributed by atoms with Gasteiger partial charge in [0.2, 0.25) is 5.91 Å². The molecular formula is C19H22N2O5S. The fourth-order valence-corrected chi connectivity index (χ4v) is 3.51. The summed E-state index contributed by atoms with van der Waals surface area (Å²) in [5.41, 5.74) is 1.87. The highest BCUT2D eigenvalue weighted by Crippen LogP contribution is 2.17. The van der Waals surface area contributed by atoms with Crippen molar-refractivity contribution in [1.29, 1.82) is 0 Å². The molecule has 1 aromatic heterocycles. The number of thiazole rings is 1. The van der Waals surface area contributed by atoms with Crippen LogP contribution in [0, 0.1) is 6.92 Å². The van der Waals surface area contributed by atoms with Crippen molar-refractivity contribution in [2.75, 3.05) is 19.7 Å². The highest BCUT2D eigenvalue weighted by atomic mass is 32.1. The Morgan fingerprint density at radius 2 is 2.15 bits per heavy atom. The molecule has 0 saturated carbocycles. The van der Waals surface area contributed by atoms with Crippen molar-refractivity contribution in [3.63, 3.8) is 0 Å². The summed E-state index contributed by atoms with van der Waals surface area (Å²) in [6.07, 6.45) is -0.351. The molecule has 0 aliphatic carbocycles. The van der Waals surface area contributed by atoms with Gasteiger partial charge in [-0.15, -0.1) is 11.3 Å². The van der Waals surface area contributed by atoms with Crippen molar-refractivity contribution in [2.45, 2.75) is 32.5 Å². The summed E-state index contributed by atoms with van der Waals surface area (Å²) < 4.78 is 11.1. The summed E-state index contributed by atoms with van der Waals surface area (Å²) in [6, 6.07) is 7.81. The smallest absolute Gasteiger partial charge is 0.306 e. The molecule has 3 rings (SSSR count). The summed E-state index contributed by atoms with van der Waals surface area (Å²) in [7, 11) is 0. The lowest BCUT2D eigenvalue weighted by Gasteiger charge is -2.32. The largest absolute Gasteiger partial charge is 0.486 e. The van der Waals surface area contributed by atoms with Crippen LogP contribution in [0.1, 0.15) is 22.7 Å². The Balaban J connectivity index is 1.50. The number of benzene rings is 1. The molecule has 1 aromatic carbocycles. The van der Waals surface area contributed by atoms with E-state index in [0.717, 1.165) is 10.8 Å². The first-order chi connectivity index (χ1) is 13.0. The molecule has 1 aliphatic heterocycles. The lowest BCUT2D eigenvalue weighted by Crippen LogP contribution is -2.46. The predicted octanol–water partition coefficient (Wildman–Crippen LogP) is 2.28. The van der Waals surface area contributed by atoms with Crippen LogP contribution in [0.15, 0.2) is 29.6 Å². The molecule has 0 bridgehead atoms. The zero-order valence-corrected chi connectivity index (χ0v) is 15.9. The van der Waals surface area contributed by atoms with Gasteiger partial charge >= 0.3 is 5.97 Å². The molecule has 1 aliphatic rings. The van der Waals surface area contributed by atoms with Crippen LogP contribution >= 0.6 is 11.3 Å². The number of ether oxygens (including phenoxy) is 2. The SMILES string of the molecule is Cc1ccc(OCc2nc(CC(=O)N3CCO[C@@H](CC(=O)O)C3)cs2)cc1. The number of amides is 1. The van der Waals surface area contributed by atoms with E-state index >= 15 is 0 Å². The van der Waals surface area contributed by atoms with Crippen LogP contribution in [0.4, 0.5) is 0 Å². The van der Waals surface area contributed by atoms with Gasteiger partial charge in [-0.25, -0.2) is 4.98 Å². The van der Waals surface area contributed by atoms with Gasteiger partial charge in [-0.05, 0) is 19.1 Å². The number of rotatable bonds is 7. The first-order valence-electron chi connectivity index (χ1n) is 8.73. The van der Waals surface area contributed by atoms with Gasteiger partial charge in [0.05, 0.1) is 31.2 Å². The summed E-state index contributed by atoms with van der Waals surface area (Å²) in [5, 5.41) is 11.5. The number of aryl methyl sites for hydroxylation is 1. The van der Waals surface area contributed by atoms with E-state index in [1.165, 1.54) is 16.9 Å². The second-order valence-corrected chi connectivity index (χ2v) is 7.38. The maximum absolute atomic E-state index is 12.5. The molecule has 7 nitrogen and oxygen atoms in total. The van der Waals surface area contributed by atoms with Crippen LogP contribution in [0.25, 0.3) is 0 Å². The zero-order chi connectivity index (χ0) is 19.2. The number of carboxylic acid groups (broad SMARTS) is 1. The topological polar surface area (TPSA) is 89.0 Å². The van der Waals surface area contributed by atoms with E-state index in [1.54, 1.807) is 4.90 Å². The fourth-order valence-electron chi connectivity index (χ4n) is 2.81. The van der Waals surface area contributed by atoms with Gasteiger partial charge in [0, 0.05) is 18.5 Å². The molecule has 8 heteroatoms. The average Bonchev–Trinajstić information content (AvgIpc) is 3.08. The molecule has 1 fully saturated rings. The Kier molecular flexibility index (Phi) is 6.41. The molecule has 1 atom stereocenters. The van der Waals surface area contributed by atoms with Gasteiger partial charge < -0.3 is 19.5 Å². The van der Waals surface area contributed by atoms with Gasteiger partial charge in [0.1, 0.15) is 17.4 Å². The number of hydrogen-bond donors (Lipinski definition) is 1. The second kappa shape index (κ2) is 8.96. The number of aliphatic carboxylic acids is 1. The summed E-state index contributed by atoms with van der Waals surface area (Å²) in [6.45, 7) is 3.52. The van der Waals surface area contributed by atoms with Gasteiger partial charge in [0.15, 0.2) is 0 Å². The summed E-state index contributed by atoms with van der Waals surface area (Å²) in [4.78, 5) is 29.4. The van der Waals surface area contributed by atoms with E-state index in [-0.39, 0.29) is 18.7 Å². The number of aromatic nitrogens is 1. The third-order valence-electron chi connectivity index (χ3n) is 4.21. The van der Waals surface area contributed by atoms with Crippen LogP contribution < -0.4 is 4.74 Å². The monoisotopic (exact) mass is 390 g/mol. The Bertz CT molecular complexity index is 790. The van der Waals surface area contributed by atoms with Crippen LogP contribution in [-0.2, 0) is 27.4 Å². The molecule has 27 heavy (non-hydrogen) atoms. The molecule has 1 saturated heterocycles. The van der Waals surface area contributed by atoms with E-state index < -0.39 is 12.1 Å². The van der Waals surface area contributed by atoms with Crippen LogP contribution in [0.2, 0.25) is 0 Å². The normalized spacial score (nSPS) is 16.9. The molecule has 2 aromatic rings. The quantitative estimate of drug-likeness (QED) is 0.780. The maximum atomic E-state index is 12.5. The molecular weight excluding hydrogens is 368 g/mol. The van der Waals surface area contributed by atoms with E-state index in [4.69, 9.17) is 14.6 Å². The molecule has 0 spiro atoms. The van der Waals surface area contributed by atoms with Crippen LogP contribution in [0.5, 0.6) is 5.75 Å². The van der Waals surface area contributed by atoms with Crippen molar-refractivity contribution in [1.82, 2.24) is 9.88 Å². The molecule has 144 valence electrons. The average molecular weight is 390 g/mol. The Hall–Kier alpha value is -2.45. The van der Waals surface area contributed by atoms with Crippen molar-refractivity contribution in [2.24, 2.45) is 0 Å². The van der Waals surface area contributed by atoms with Crippen LogP contribution in [0.3, 0.4) is 0 Å². The first kappa shape index (κ1) is 19.3. The van der Waals surface area contributed by atoms with Crippen LogP contribution in [-0.4, -0.2) is 52.7 Å². The number of carboxylic acids is 1. The van der Waals surface area contributed by atoms with Crippen molar-refractivity contribution >= 4 is 23.2 Å². The number of carbonyl (C=O) groups is 2. The zero-order valence-electron chi connectivity index (χ0n) is 15.1. The molecule has 0 unspecified atom stereocenters. The molecule has 0 radical (unpaired) electrons. The van der Waals surface area contributed by atoms with E-state index in [0.29, 0.717) is 32.0 Å². The minimum absolute atomic E-state index is 0.0648. The third kappa shape index (κ3) is 5.77. The lowest BCUT2D eigenvalue weighted by molar-refractivity contribution is -0.147. The standard InChI is InChI=1S/C19H22N2O5S/c1-13-2-4-15(5-3-13)26-11-17-20-14(12-27-17)8-18(22)21-6-7-25-16(10-21)9-19(23)24/h2-5,12,16H,6-11H2,1H3,(H,23,24)/t16-/m0/s1. The molecule has 1 N–H and O–H groups in total. The number of morpholine rings is 1. The van der Waals surface area contributed by atoms with E-state index in [1.807, 2.05) is 36.6 Å². The molecule has 2 heterocycles. The van der Waals surface area contributed by atoms with Gasteiger partial charge in [0.25, 0.3) is 0 Å².